The number of anilines is 1. The van der Waals surface area contributed by atoms with Crippen LogP contribution >= 0.6 is 0 Å². The molecule has 0 bridgehead atoms. The summed E-state index contributed by atoms with van der Waals surface area (Å²) >= 11 is 0. The smallest absolute Gasteiger partial charge is 0.391 e. The van der Waals surface area contributed by atoms with E-state index in [0.29, 0.717) is 18.8 Å². The van der Waals surface area contributed by atoms with E-state index in [0.717, 1.165) is 18.9 Å². The number of hydrogen-bond acceptors (Lipinski definition) is 5. The number of halogens is 3. The highest BCUT2D eigenvalue weighted by Gasteiger charge is 2.36. The molecule has 2 rings (SSSR count). The molecule has 8 nitrogen and oxygen atoms in total. The molecular formula is C15H16F3N3O5. The van der Waals surface area contributed by atoms with Crippen LogP contribution in [0.3, 0.4) is 0 Å². The summed E-state index contributed by atoms with van der Waals surface area (Å²) in [6.45, 7) is 1.25. The van der Waals surface area contributed by atoms with Gasteiger partial charge in [0.05, 0.1) is 11.3 Å². The molecule has 1 heterocycles. The quantitative estimate of drug-likeness (QED) is 0.583. The van der Waals surface area contributed by atoms with Gasteiger partial charge in [0.2, 0.25) is 0 Å². The van der Waals surface area contributed by atoms with Crippen molar-refractivity contribution in [1.82, 2.24) is 5.32 Å². The van der Waals surface area contributed by atoms with Crippen molar-refractivity contribution >= 4 is 23.3 Å². The molecule has 1 aromatic carbocycles. The molecule has 1 aliphatic heterocycles. The van der Waals surface area contributed by atoms with E-state index < -0.39 is 35.4 Å². The number of carboxylic acids is 1. The predicted molar refractivity (Wildman–Crippen MR) is 84.1 cm³/mol. The van der Waals surface area contributed by atoms with E-state index in [9.17, 15) is 32.9 Å². The predicted octanol–water partition coefficient (Wildman–Crippen LogP) is 2.33. The highest BCUT2D eigenvalue weighted by molar-refractivity contribution is 5.97. The van der Waals surface area contributed by atoms with Crippen molar-refractivity contribution in [3.63, 3.8) is 0 Å². The Morgan fingerprint density at radius 3 is 2.42 bits per heavy atom. The molecule has 1 aliphatic rings. The molecule has 1 saturated heterocycles. The minimum Gasteiger partial charge on any atom is -0.480 e. The molecule has 1 fully saturated rings. The second-order valence-electron chi connectivity index (χ2n) is 5.84. The van der Waals surface area contributed by atoms with Gasteiger partial charge < -0.3 is 15.3 Å². The Bertz CT molecular complexity index is 717. The SMILES string of the molecule is O=C(NC(CC(F)(F)F)C(=O)O)c1ccc(N2CCCC2)c([N+](=O)[O-])c1. The number of carboxylic acid groups (broad SMARTS) is 1. The molecule has 0 spiro atoms. The third kappa shape index (κ3) is 4.83. The Labute approximate surface area is 145 Å². The highest BCUT2D eigenvalue weighted by Crippen LogP contribution is 2.31. The first-order valence-electron chi connectivity index (χ1n) is 7.72. The van der Waals surface area contributed by atoms with E-state index in [-0.39, 0.29) is 11.3 Å². The first-order valence-corrected chi connectivity index (χ1v) is 7.72. The summed E-state index contributed by atoms with van der Waals surface area (Å²) in [5.41, 5.74) is -0.329. The van der Waals surface area contributed by atoms with Crippen LogP contribution in [0.25, 0.3) is 0 Å². The number of alkyl halides is 3. The van der Waals surface area contributed by atoms with Gasteiger partial charge in [-0.3, -0.25) is 14.9 Å². The number of carbonyl (C=O) groups excluding carboxylic acids is 1. The molecule has 1 unspecified atom stereocenters. The van der Waals surface area contributed by atoms with Crippen LogP contribution in [0, 0.1) is 10.1 Å². The van der Waals surface area contributed by atoms with Crippen molar-refractivity contribution in [2.75, 3.05) is 18.0 Å². The molecular weight excluding hydrogens is 359 g/mol. The van der Waals surface area contributed by atoms with E-state index in [1.54, 1.807) is 10.2 Å². The van der Waals surface area contributed by atoms with Crippen molar-refractivity contribution in [1.29, 1.82) is 0 Å². The lowest BCUT2D eigenvalue weighted by Crippen LogP contribution is -2.43. The van der Waals surface area contributed by atoms with Gasteiger partial charge in [0, 0.05) is 24.7 Å². The molecule has 142 valence electrons. The van der Waals surface area contributed by atoms with Crippen molar-refractivity contribution in [2.45, 2.75) is 31.5 Å². The Morgan fingerprint density at radius 2 is 1.92 bits per heavy atom. The zero-order chi connectivity index (χ0) is 19.5. The Balaban J connectivity index is 2.24. The number of benzene rings is 1. The third-order valence-electron chi connectivity index (χ3n) is 3.92. The van der Waals surface area contributed by atoms with Gasteiger partial charge in [0.1, 0.15) is 11.7 Å². The highest BCUT2D eigenvalue weighted by atomic mass is 19.4. The van der Waals surface area contributed by atoms with E-state index in [1.807, 2.05) is 0 Å². The van der Waals surface area contributed by atoms with Crippen LogP contribution in [0.4, 0.5) is 24.5 Å². The molecule has 26 heavy (non-hydrogen) atoms. The standard InChI is InChI=1S/C15H16F3N3O5/c16-15(17,18)8-10(14(23)24)19-13(22)9-3-4-11(12(7-9)21(25)26)20-5-1-2-6-20/h3-4,7,10H,1-2,5-6,8H2,(H,19,22)(H,23,24). The van der Waals surface area contributed by atoms with Gasteiger partial charge in [-0.25, -0.2) is 4.79 Å². The molecule has 11 heteroatoms. The molecule has 0 radical (unpaired) electrons. The van der Waals surface area contributed by atoms with Crippen molar-refractivity contribution in [3.8, 4) is 0 Å². The lowest BCUT2D eigenvalue weighted by molar-refractivity contribution is -0.384. The minimum absolute atomic E-state index is 0.284. The van der Waals surface area contributed by atoms with Crippen LogP contribution in [0.2, 0.25) is 0 Å². The number of carbonyl (C=O) groups is 2. The van der Waals surface area contributed by atoms with Crippen LogP contribution in [-0.4, -0.2) is 47.2 Å². The van der Waals surface area contributed by atoms with Crippen LogP contribution < -0.4 is 10.2 Å². The topological polar surface area (TPSA) is 113 Å². The number of nitro benzene ring substituents is 1. The Hall–Kier alpha value is -2.85. The van der Waals surface area contributed by atoms with Crippen molar-refractivity contribution in [3.05, 3.63) is 33.9 Å². The monoisotopic (exact) mass is 375 g/mol. The zero-order valence-electron chi connectivity index (χ0n) is 13.5. The minimum atomic E-state index is -4.79. The summed E-state index contributed by atoms with van der Waals surface area (Å²) < 4.78 is 37.2. The Kier molecular flexibility index (Phi) is 5.68. The average Bonchev–Trinajstić information content (AvgIpc) is 3.06. The van der Waals surface area contributed by atoms with Crippen LogP contribution in [-0.2, 0) is 4.79 Å². The fourth-order valence-electron chi connectivity index (χ4n) is 2.71. The second kappa shape index (κ2) is 7.58. The maximum Gasteiger partial charge on any atom is 0.391 e. The van der Waals surface area contributed by atoms with Gasteiger partial charge in [-0.1, -0.05) is 0 Å². The molecule has 0 aromatic heterocycles. The maximum atomic E-state index is 12.4. The van der Waals surface area contributed by atoms with Crippen LogP contribution in [0.5, 0.6) is 0 Å². The summed E-state index contributed by atoms with van der Waals surface area (Å²) in [5.74, 6) is -2.98. The largest absolute Gasteiger partial charge is 0.480 e. The van der Waals surface area contributed by atoms with E-state index in [2.05, 4.69) is 0 Å². The molecule has 0 saturated carbocycles. The maximum absolute atomic E-state index is 12.4. The number of nitrogens with one attached hydrogen (secondary N) is 1. The Morgan fingerprint density at radius 1 is 1.31 bits per heavy atom. The lowest BCUT2D eigenvalue weighted by atomic mass is 10.1. The molecule has 1 atom stereocenters. The van der Waals surface area contributed by atoms with Gasteiger partial charge in [0.15, 0.2) is 0 Å². The van der Waals surface area contributed by atoms with E-state index in [4.69, 9.17) is 5.11 Å². The van der Waals surface area contributed by atoms with Crippen molar-refractivity contribution < 1.29 is 32.8 Å². The number of nitro groups is 1. The van der Waals surface area contributed by atoms with Gasteiger partial charge >= 0.3 is 12.1 Å². The van der Waals surface area contributed by atoms with Crippen LogP contribution in [0.15, 0.2) is 18.2 Å². The number of aliphatic carboxylic acids is 1. The molecule has 2 N–H and O–H groups in total. The molecule has 1 amide bonds. The summed E-state index contributed by atoms with van der Waals surface area (Å²) in [7, 11) is 0. The second-order valence-corrected chi connectivity index (χ2v) is 5.84. The summed E-state index contributed by atoms with van der Waals surface area (Å²) in [4.78, 5) is 35.4. The number of amides is 1. The fraction of sp³-hybridized carbons (Fsp3) is 0.467. The average molecular weight is 375 g/mol. The fourth-order valence-corrected chi connectivity index (χ4v) is 2.71. The van der Waals surface area contributed by atoms with Gasteiger partial charge in [-0.2, -0.15) is 13.2 Å². The number of hydrogen-bond donors (Lipinski definition) is 2. The number of rotatable bonds is 6. The van der Waals surface area contributed by atoms with Gasteiger partial charge in [-0.05, 0) is 25.0 Å². The number of nitrogens with zero attached hydrogens (tertiary/aromatic N) is 2. The first kappa shape index (κ1) is 19.5. The van der Waals surface area contributed by atoms with Gasteiger partial charge in [-0.15, -0.1) is 0 Å². The lowest BCUT2D eigenvalue weighted by Gasteiger charge is -2.19. The first-order chi connectivity index (χ1) is 12.1. The van der Waals surface area contributed by atoms with Crippen LogP contribution in [0.1, 0.15) is 29.6 Å². The van der Waals surface area contributed by atoms with Crippen molar-refractivity contribution in [2.24, 2.45) is 0 Å². The van der Waals surface area contributed by atoms with Gasteiger partial charge in [0.25, 0.3) is 11.6 Å². The normalized spacial score (nSPS) is 15.6. The van der Waals surface area contributed by atoms with E-state index >= 15 is 0 Å². The molecule has 0 aliphatic carbocycles. The third-order valence-corrected chi connectivity index (χ3v) is 3.92. The summed E-state index contributed by atoms with van der Waals surface area (Å²) in [6.07, 6.45) is -4.79. The van der Waals surface area contributed by atoms with E-state index in [1.165, 1.54) is 12.1 Å². The molecule has 1 aromatic rings. The zero-order valence-corrected chi connectivity index (χ0v) is 13.5. The summed E-state index contributed by atoms with van der Waals surface area (Å²) in [6, 6.07) is 1.33. The summed E-state index contributed by atoms with van der Waals surface area (Å²) in [5, 5.41) is 21.9.